The van der Waals surface area contributed by atoms with Crippen molar-refractivity contribution in [3.8, 4) is 11.5 Å². The first-order chi connectivity index (χ1) is 17.5. The lowest BCUT2D eigenvalue weighted by molar-refractivity contribution is -0.140. The summed E-state index contributed by atoms with van der Waals surface area (Å²) in [6.45, 7) is 0.500. The van der Waals surface area contributed by atoms with Gasteiger partial charge in [0.15, 0.2) is 11.5 Å². The third kappa shape index (κ3) is 6.96. The molecule has 0 unspecified atom stereocenters. The molecule has 0 spiro atoms. The molecule has 1 N–H and O–H groups in total. The van der Waals surface area contributed by atoms with E-state index in [1.54, 1.807) is 6.08 Å². The molecule has 36 heavy (non-hydrogen) atoms. The summed E-state index contributed by atoms with van der Waals surface area (Å²) in [5.74, 6) is -0.330. The molecule has 0 bridgehead atoms. The Hall–Kier alpha value is -3.62. The highest BCUT2D eigenvalue weighted by atomic mass is 32.2. The number of carbonyl (C=O) groups excluding carboxylic acids is 1. The quantitative estimate of drug-likeness (QED) is 0.275. The van der Waals surface area contributed by atoms with Crippen molar-refractivity contribution in [1.82, 2.24) is 4.90 Å². The SMILES string of the molecule is O=C(O)CN1C(=O)C(=Cc2ccc(OCCc3ccccc3)c(OCCc3ccccc3)c2)SC1=S. The Morgan fingerprint density at radius 3 is 2.06 bits per heavy atom. The number of amides is 1. The van der Waals surface area contributed by atoms with E-state index in [0.29, 0.717) is 29.6 Å². The van der Waals surface area contributed by atoms with Gasteiger partial charge in [-0.3, -0.25) is 14.5 Å². The van der Waals surface area contributed by atoms with E-state index in [1.807, 2.05) is 54.6 Å². The van der Waals surface area contributed by atoms with Gasteiger partial charge in [-0.2, -0.15) is 0 Å². The number of carboxylic acids is 1. The molecule has 1 fully saturated rings. The molecule has 6 nitrogen and oxygen atoms in total. The molecule has 0 radical (unpaired) electrons. The van der Waals surface area contributed by atoms with E-state index in [1.165, 1.54) is 11.1 Å². The zero-order valence-electron chi connectivity index (χ0n) is 19.5. The van der Waals surface area contributed by atoms with Gasteiger partial charge in [-0.1, -0.05) is 90.7 Å². The number of hydrogen-bond donors (Lipinski definition) is 1. The van der Waals surface area contributed by atoms with E-state index in [0.717, 1.165) is 35.1 Å². The minimum Gasteiger partial charge on any atom is -0.489 e. The number of carbonyl (C=O) groups is 2. The number of benzene rings is 3. The minimum absolute atomic E-state index is 0.230. The van der Waals surface area contributed by atoms with E-state index in [-0.39, 0.29) is 4.32 Å². The van der Waals surface area contributed by atoms with Crippen molar-refractivity contribution in [2.45, 2.75) is 12.8 Å². The number of aliphatic carboxylic acids is 1. The van der Waals surface area contributed by atoms with Gasteiger partial charge >= 0.3 is 5.97 Å². The monoisotopic (exact) mass is 519 g/mol. The predicted molar refractivity (Wildman–Crippen MR) is 145 cm³/mol. The number of nitrogens with zero attached hydrogens (tertiary/aromatic N) is 1. The topological polar surface area (TPSA) is 76.1 Å². The first kappa shape index (κ1) is 25.5. The fraction of sp³-hybridized carbons (Fsp3) is 0.179. The highest BCUT2D eigenvalue weighted by Gasteiger charge is 2.33. The van der Waals surface area contributed by atoms with Crippen LogP contribution in [-0.2, 0) is 22.4 Å². The molecular formula is C28H25NO5S2. The molecule has 4 rings (SSSR count). The normalized spacial score (nSPS) is 14.3. The minimum atomic E-state index is -1.11. The summed E-state index contributed by atoms with van der Waals surface area (Å²) in [7, 11) is 0. The molecule has 8 heteroatoms. The number of thioether (sulfide) groups is 1. The third-order valence-electron chi connectivity index (χ3n) is 5.41. The van der Waals surface area contributed by atoms with Crippen LogP contribution in [0, 0.1) is 0 Å². The molecule has 1 heterocycles. The van der Waals surface area contributed by atoms with E-state index >= 15 is 0 Å². The van der Waals surface area contributed by atoms with Crippen LogP contribution in [0.25, 0.3) is 6.08 Å². The molecular weight excluding hydrogens is 494 g/mol. The summed E-state index contributed by atoms with van der Waals surface area (Å²) >= 11 is 6.28. The Labute approximate surface area is 219 Å². The van der Waals surface area contributed by atoms with Gasteiger partial charge in [0.05, 0.1) is 18.1 Å². The lowest BCUT2D eigenvalue weighted by Crippen LogP contribution is -2.33. The summed E-state index contributed by atoms with van der Waals surface area (Å²) < 4.78 is 12.4. The average molecular weight is 520 g/mol. The zero-order valence-corrected chi connectivity index (χ0v) is 21.1. The summed E-state index contributed by atoms with van der Waals surface area (Å²) in [6.07, 6.45) is 3.19. The van der Waals surface area contributed by atoms with E-state index in [9.17, 15) is 9.59 Å². The Balaban J connectivity index is 1.50. The van der Waals surface area contributed by atoms with Crippen LogP contribution >= 0.6 is 24.0 Å². The molecule has 0 saturated carbocycles. The van der Waals surface area contributed by atoms with Crippen LogP contribution in [0.15, 0.2) is 83.8 Å². The van der Waals surface area contributed by atoms with Crippen LogP contribution in [0.3, 0.4) is 0 Å². The third-order valence-corrected chi connectivity index (χ3v) is 6.79. The largest absolute Gasteiger partial charge is 0.489 e. The lowest BCUT2D eigenvalue weighted by atomic mass is 10.1. The fourth-order valence-corrected chi connectivity index (χ4v) is 4.87. The summed E-state index contributed by atoms with van der Waals surface area (Å²) in [5.41, 5.74) is 3.09. The predicted octanol–water partition coefficient (Wildman–Crippen LogP) is 5.22. The lowest BCUT2D eigenvalue weighted by Gasteiger charge is -2.14. The molecule has 0 aromatic heterocycles. The van der Waals surface area contributed by atoms with Crippen molar-refractivity contribution in [1.29, 1.82) is 0 Å². The Morgan fingerprint density at radius 2 is 1.47 bits per heavy atom. The van der Waals surface area contributed by atoms with Crippen molar-refractivity contribution in [3.05, 3.63) is 100 Å². The average Bonchev–Trinajstić information content (AvgIpc) is 3.13. The maximum atomic E-state index is 12.6. The van der Waals surface area contributed by atoms with Crippen molar-refractivity contribution < 1.29 is 24.2 Å². The first-order valence-electron chi connectivity index (χ1n) is 11.4. The number of ether oxygens (including phenoxy) is 2. The van der Waals surface area contributed by atoms with Gasteiger partial charge in [0.25, 0.3) is 5.91 Å². The van der Waals surface area contributed by atoms with Gasteiger partial charge in [-0.05, 0) is 34.9 Å². The maximum Gasteiger partial charge on any atom is 0.323 e. The second-order valence-corrected chi connectivity index (χ2v) is 9.71. The number of thiocarbonyl (C=S) groups is 1. The molecule has 0 atom stereocenters. The molecule has 3 aromatic carbocycles. The summed E-state index contributed by atoms with van der Waals surface area (Å²) in [6, 6.07) is 25.7. The number of carboxylic acid groups (broad SMARTS) is 1. The second-order valence-electron chi connectivity index (χ2n) is 8.04. The van der Waals surface area contributed by atoms with Crippen LogP contribution < -0.4 is 9.47 Å². The van der Waals surface area contributed by atoms with Gasteiger partial charge in [0.2, 0.25) is 0 Å². The maximum absolute atomic E-state index is 12.6. The van der Waals surface area contributed by atoms with E-state index in [2.05, 4.69) is 24.3 Å². The smallest absolute Gasteiger partial charge is 0.323 e. The van der Waals surface area contributed by atoms with Gasteiger partial charge in [0, 0.05) is 12.8 Å². The zero-order chi connectivity index (χ0) is 25.3. The molecule has 0 aliphatic carbocycles. The van der Waals surface area contributed by atoms with Crippen molar-refractivity contribution in [2.24, 2.45) is 0 Å². The fourth-order valence-electron chi connectivity index (χ4n) is 3.62. The Kier molecular flexibility index (Phi) is 8.76. The van der Waals surface area contributed by atoms with Crippen molar-refractivity contribution in [2.75, 3.05) is 19.8 Å². The number of hydrogen-bond acceptors (Lipinski definition) is 6. The van der Waals surface area contributed by atoms with Gasteiger partial charge < -0.3 is 14.6 Å². The van der Waals surface area contributed by atoms with Gasteiger partial charge in [0.1, 0.15) is 10.9 Å². The van der Waals surface area contributed by atoms with Gasteiger partial charge in [-0.15, -0.1) is 0 Å². The summed E-state index contributed by atoms with van der Waals surface area (Å²) in [5, 5.41) is 9.05. The van der Waals surface area contributed by atoms with Gasteiger partial charge in [-0.25, -0.2) is 0 Å². The molecule has 1 amide bonds. The van der Waals surface area contributed by atoms with E-state index < -0.39 is 18.4 Å². The van der Waals surface area contributed by atoms with Crippen LogP contribution in [-0.4, -0.2) is 46.0 Å². The molecule has 184 valence electrons. The Bertz CT molecular complexity index is 1260. The molecule has 1 saturated heterocycles. The standard InChI is InChI=1S/C28H25NO5S2/c30-26(31)19-29-27(32)25(36-28(29)35)18-22-11-12-23(33-15-13-20-7-3-1-4-8-20)24(17-22)34-16-14-21-9-5-2-6-10-21/h1-12,17-18H,13-16,19H2,(H,30,31). The highest BCUT2D eigenvalue weighted by molar-refractivity contribution is 8.26. The molecule has 1 aliphatic heterocycles. The van der Waals surface area contributed by atoms with E-state index in [4.69, 9.17) is 26.8 Å². The number of rotatable bonds is 11. The molecule has 1 aliphatic rings. The summed E-state index contributed by atoms with van der Waals surface area (Å²) in [4.78, 5) is 25.2. The Morgan fingerprint density at radius 1 is 0.889 bits per heavy atom. The first-order valence-corrected chi connectivity index (χ1v) is 12.7. The van der Waals surface area contributed by atoms with Crippen molar-refractivity contribution in [3.63, 3.8) is 0 Å². The van der Waals surface area contributed by atoms with Crippen LogP contribution in [0.4, 0.5) is 0 Å². The van der Waals surface area contributed by atoms with Crippen LogP contribution in [0.2, 0.25) is 0 Å². The molecule has 3 aromatic rings. The van der Waals surface area contributed by atoms with Crippen LogP contribution in [0.5, 0.6) is 11.5 Å². The van der Waals surface area contributed by atoms with Crippen molar-refractivity contribution >= 4 is 46.3 Å². The second kappa shape index (κ2) is 12.4. The highest BCUT2D eigenvalue weighted by Crippen LogP contribution is 2.35. The van der Waals surface area contributed by atoms with Crippen LogP contribution in [0.1, 0.15) is 16.7 Å².